The van der Waals surface area contributed by atoms with Crippen molar-refractivity contribution in [2.75, 3.05) is 127 Å². The van der Waals surface area contributed by atoms with E-state index in [4.69, 9.17) is 33.7 Å². The molecule has 6 heterocycles. The minimum absolute atomic E-state index is 0.00491. The first kappa shape index (κ1) is 66.9. The molecule has 7 N–H and O–H groups in total. The van der Waals surface area contributed by atoms with E-state index in [1.807, 2.05) is 17.8 Å². The molecule has 8 rings (SSSR count). The van der Waals surface area contributed by atoms with Gasteiger partial charge in [-0.1, -0.05) is 38.1 Å². The maximum absolute atomic E-state index is 13.9. The first-order valence-corrected chi connectivity index (χ1v) is 31.1. The van der Waals surface area contributed by atoms with Crippen molar-refractivity contribution in [3.63, 3.8) is 0 Å². The molecule has 4 aliphatic rings. The highest BCUT2D eigenvalue weighted by Crippen LogP contribution is 2.39. The first-order valence-electron chi connectivity index (χ1n) is 29.1. The van der Waals surface area contributed by atoms with Crippen LogP contribution in [-0.2, 0) is 38.1 Å². The second-order valence-corrected chi connectivity index (χ2v) is 22.2. The van der Waals surface area contributed by atoms with Crippen LogP contribution in [0, 0.1) is 12.8 Å². The van der Waals surface area contributed by atoms with Crippen molar-refractivity contribution >= 4 is 86.0 Å². The van der Waals surface area contributed by atoms with Crippen LogP contribution < -0.4 is 41.5 Å². The number of phenols is 1. The molecule has 7 amide bonds. The Morgan fingerprint density at radius 1 is 0.788 bits per heavy atom. The average molecular weight is 1210 g/mol. The van der Waals surface area contributed by atoms with E-state index in [0.717, 1.165) is 68.9 Å². The number of hydrogen-bond acceptors (Lipinski definition) is 17. The lowest BCUT2D eigenvalue weighted by atomic mass is 10.0. The van der Waals surface area contributed by atoms with Crippen LogP contribution in [0.15, 0.2) is 67.3 Å². The van der Waals surface area contributed by atoms with Crippen molar-refractivity contribution in [1.29, 1.82) is 0 Å². The molecule has 0 radical (unpaired) electrons. The largest absolute Gasteiger partial charge is 0.508 e. The van der Waals surface area contributed by atoms with E-state index in [1.165, 1.54) is 0 Å². The number of carbonyl (C=O) groups excluding carboxylic acids is 6. The second-order valence-electron chi connectivity index (χ2n) is 20.1. The van der Waals surface area contributed by atoms with Gasteiger partial charge in [0.1, 0.15) is 11.5 Å². The normalized spacial score (nSPS) is 16.0. The number of ether oxygens (including phenoxy) is 5. The predicted octanol–water partition coefficient (Wildman–Crippen LogP) is 6.30. The Morgan fingerprint density at radius 2 is 1.41 bits per heavy atom. The number of carbonyl (C=O) groups is 6. The van der Waals surface area contributed by atoms with Gasteiger partial charge in [0, 0.05) is 106 Å². The molecular weight excluding hydrogens is 1130 g/mol. The minimum atomic E-state index is -0.428. The number of nitrogens with one attached hydrogen (secondary N) is 6. The van der Waals surface area contributed by atoms with Crippen LogP contribution in [-0.4, -0.2) is 184 Å². The van der Waals surface area contributed by atoms with E-state index in [2.05, 4.69) is 75.3 Å². The molecule has 2 aromatic heterocycles. The number of thioether (sulfide) groups is 1. The predicted molar refractivity (Wildman–Crippen MR) is 332 cm³/mol. The van der Waals surface area contributed by atoms with Crippen molar-refractivity contribution in [2.24, 2.45) is 0 Å². The summed E-state index contributed by atoms with van der Waals surface area (Å²) in [5.74, 6) is 3.16. The number of phenolic OH excluding ortho intramolecular Hbond substituents is 1. The fourth-order valence-electron chi connectivity index (χ4n) is 9.22. The minimum Gasteiger partial charge on any atom is -0.508 e. The van der Waals surface area contributed by atoms with Gasteiger partial charge in [-0.3, -0.25) is 24.0 Å². The molecule has 0 unspecified atom stereocenters. The van der Waals surface area contributed by atoms with E-state index in [1.54, 1.807) is 52.6 Å². The number of nitrogens with zero attached hydrogens (tertiary/aromatic N) is 4. The fraction of sp³-hybridized carbons (Fsp3) is 0.508. The lowest BCUT2D eigenvalue weighted by Crippen LogP contribution is -2.36. The Balaban J connectivity index is 0.000000942. The fourth-order valence-corrected chi connectivity index (χ4v) is 11.7. The lowest BCUT2D eigenvalue weighted by molar-refractivity contribution is -0.123. The number of urea groups is 1. The van der Waals surface area contributed by atoms with Crippen LogP contribution in [0.5, 0.6) is 11.5 Å². The van der Waals surface area contributed by atoms with E-state index in [-0.39, 0.29) is 54.9 Å². The van der Waals surface area contributed by atoms with Crippen molar-refractivity contribution in [3.8, 4) is 35.7 Å². The van der Waals surface area contributed by atoms with Crippen molar-refractivity contribution in [3.05, 3.63) is 77.7 Å². The summed E-state index contributed by atoms with van der Waals surface area (Å²) in [6.45, 7) is 13.6. The number of amides is 7. The van der Waals surface area contributed by atoms with Crippen molar-refractivity contribution in [1.82, 2.24) is 41.5 Å². The van der Waals surface area contributed by atoms with Crippen LogP contribution in [0.4, 0.5) is 16.3 Å². The molecule has 4 aromatic rings. The summed E-state index contributed by atoms with van der Waals surface area (Å²) < 4.78 is 29.3. The Morgan fingerprint density at radius 3 is 2.01 bits per heavy atom. The van der Waals surface area contributed by atoms with Gasteiger partial charge in [-0.05, 0) is 86.6 Å². The maximum Gasteiger partial charge on any atom is 0.315 e. The smallest absolute Gasteiger partial charge is 0.315 e. The van der Waals surface area contributed by atoms with Gasteiger partial charge in [-0.15, -0.1) is 24.2 Å². The molecule has 0 aliphatic carbocycles. The van der Waals surface area contributed by atoms with Gasteiger partial charge in [0.05, 0.1) is 74.2 Å². The number of rotatable bonds is 32. The molecule has 3 fully saturated rings. The number of hydrogen-bond donors (Lipinski definition) is 7. The molecule has 2 aromatic carbocycles. The van der Waals surface area contributed by atoms with E-state index in [0.29, 0.717) is 166 Å². The zero-order valence-electron chi connectivity index (χ0n) is 48.6. The van der Waals surface area contributed by atoms with E-state index < -0.39 is 5.91 Å². The molecule has 24 heteroatoms. The summed E-state index contributed by atoms with van der Waals surface area (Å²) in [7, 11) is 0. The van der Waals surface area contributed by atoms with Crippen molar-refractivity contribution < 1.29 is 57.6 Å². The molecule has 22 nitrogen and oxygen atoms in total. The molecule has 460 valence electrons. The molecule has 0 saturated carbocycles. The molecule has 3 saturated heterocycles. The lowest BCUT2D eigenvalue weighted by Gasteiger charge is -2.28. The van der Waals surface area contributed by atoms with Crippen molar-refractivity contribution in [2.45, 2.75) is 83.2 Å². The highest BCUT2D eigenvalue weighted by Gasteiger charge is 2.35. The summed E-state index contributed by atoms with van der Waals surface area (Å²) in [6, 6.07) is 14.8. The number of thiophene rings is 1. The number of benzene rings is 2. The summed E-state index contributed by atoms with van der Waals surface area (Å²) in [5.41, 5.74) is 3.45. The van der Waals surface area contributed by atoms with Crippen LogP contribution in [0.2, 0.25) is 0 Å². The highest BCUT2D eigenvalue weighted by molar-refractivity contribution is 7.99. The molecule has 0 bridgehead atoms. The first-order chi connectivity index (χ1) is 41.5. The van der Waals surface area contributed by atoms with Crippen LogP contribution in [0.1, 0.15) is 86.4 Å². The Bertz CT molecular complexity index is 2870. The van der Waals surface area contributed by atoms with Gasteiger partial charge < -0.3 is 70.5 Å². The number of aromatic hydroxyl groups is 1. The van der Waals surface area contributed by atoms with Gasteiger partial charge in [0.2, 0.25) is 23.6 Å². The zero-order chi connectivity index (χ0) is 60.6. The SMILES string of the molecule is C#C.C=CC(=O)Nc1ccc(C(=O)N2CC=C(c3cc4nc(-c5cccc(O)c5)nc(N5CCOCC5)c4s3)CC2)cc1OCCCNC(=O)CCCC(=O)NCCCOCCOCCOCCCNC(=O)CCCC.O=C1N[C@H]2CSC[C@H]2N1. The third-order valence-corrected chi connectivity index (χ3v) is 16.1. The van der Waals surface area contributed by atoms with Crippen LogP contribution in [0.3, 0.4) is 0 Å². The van der Waals surface area contributed by atoms with E-state index >= 15 is 0 Å². The number of anilines is 2. The Hall–Kier alpha value is -7.27. The van der Waals surface area contributed by atoms with Gasteiger partial charge in [0.25, 0.3) is 5.91 Å². The summed E-state index contributed by atoms with van der Waals surface area (Å²) in [6.07, 6.45) is 17.0. The highest BCUT2D eigenvalue weighted by atomic mass is 32.2. The zero-order valence-corrected chi connectivity index (χ0v) is 50.3. The third kappa shape index (κ3) is 22.6. The van der Waals surface area contributed by atoms with Gasteiger partial charge in [-0.25, -0.2) is 14.8 Å². The second kappa shape index (κ2) is 37.2. The number of aromatic nitrogens is 2. The Labute approximate surface area is 506 Å². The van der Waals surface area contributed by atoms with Crippen LogP contribution >= 0.6 is 23.1 Å². The van der Waals surface area contributed by atoms with Gasteiger partial charge in [-0.2, -0.15) is 11.8 Å². The summed E-state index contributed by atoms with van der Waals surface area (Å²) in [5, 5.41) is 27.2. The number of terminal acetylenes is 1. The Kier molecular flexibility index (Phi) is 29.3. The number of unbranched alkanes of at least 4 members (excludes halogenated alkanes) is 1. The topological polar surface area (TPSA) is 273 Å². The van der Waals surface area contributed by atoms with E-state index in [9.17, 15) is 33.9 Å². The summed E-state index contributed by atoms with van der Waals surface area (Å²) in [4.78, 5) is 88.2. The van der Waals surface area contributed by atoms with Crippen LogP contribution in [0.25, 0.3) is 27.2 Å². The van der Waals surface area contributed by atoms with Gasteiger partial charge >= 0.3 is 6.03 Å². The maximum atomic E-state index is 13.9. The molecule has 0 spiro atoms. The molecular formula is C61H82N10O12S2. The molecule has 4 aliphatic heterocycles. The standard InChI is InChI=1S/C54H72N8O11S.C5H8N2OS.C2H2/c1-3-5-13-48(65)55-20-8-27-69-32-34-72-35-33-70-28-9-21-56-49(66)14-7-15-50(67)57-22-10-29-73-45-37-41(16-17-43(45)58-47(64)4-2)54(68)62-23-18-39(19-24-62)46-38-44-51(74-46)53(61-25-30-71-31-26-61)60-52(59-44)40-11-6-12-42(63)36-40;8-5-6-3-1-9-2-4(3)7-5;1-2/h4,6,11-12,16-18,36-38,63H,2-3,5,7-10,13-15,19-35H2,1H3,(H,55,65)(H,56,66)(H,57,67)(H,58,64);3-4H,1-2H2,(H2,6,7,8);1-2H/t;3-,4+;. The van der Waals surface area contributed by atoms with Gasteiger partial charge in [0.15, 0.2) is 11.6 Å². The number of morpholine rings is 1. The monoisotopic (exact) mass is 1210 g/mol. The molecule has 2 atom stereocenters. The quantitative estimate of drug-likeness (QED) is 0.0122. The average Bonchev–Trinajstić information content (AvgIpc) is 3.37. The summed E-state index contributed by atoms with van der Waals surface area (Å²) >= 11 is 3.53. The molecule has 85 heavy (non-hydrogen) atoms. The number of fused-ring (bicyclic) bond motifs is 2. The third-order valence-electron chi connectivity index (χ3n) is 13.8.